The maximum atomic E-state index is 12.6. The topological polar surface area (TPSA) is 101 Å². The Bertz CT molecular complexity index is 1090. The van der Waals surface area contributed by atoms with Crippen LogP contribution in [0.1, 0.15) is 27.0 Å². The fourth-order valence-electron chi connectivity index (χ4n) is 3.49. The van der Waals surface area contributed by atoms with Gasteiger partial charge in [0.1, 0.15) is 17.4 Å². The predicted octanol–water partition coefficient (Wildman–Crippen LogP) is 2.85. The van der Waals surface area contributed by atoms with Gasteiger partial charge in [-0.15, -0.1) is 0 Å². The third kappa shape index (κ3) is 4.70. The summed E-state index contributed by atoms with van der Waals surface area (Å²) in [4.78, 5) is 35.7. The molecular formula is C22H23N5O4S. The van der Waals surface area contributed by atoms with Crippen molar-refractivity contribution in [2.24, 2.45) is 7.05 Å². The van der Waals surface area contributed by atoms with Crippen molar-refractivity contribution >= 4 is 30.5 Å². The van der Waals surface area contributed by atoms with Gasteiger partial charge in [0.25, 0.3) is 0 Å². The number of thiol groups is 1. The smallest absolute Gasteiger partial charge is 0.415 e. The second-order valence-electron chi connectivity index (χ2n) is 7.42. The number of pyridine rings is 1. The number of aryl methyl sites for hydroxylation is 1. The Morgan fingerprint density at radius 2 is 1.78 bits per heavy atom. The lowest BCUT2D eigenvalue weighted by Gasteiger charge is -2.34. The van der Waals surface area contributed by atoms with E-state index in [0.29, 0.717) is 37.7 Å². The number of carbonyl (C=O) groups is 2. The number of carboxylic acid groups (broad SMARTS) is 1. The number of hydrogen-bond acceptors (Lipinski definition) is 7. The third-order valence-corrected chi connectivity index (χ3v) is 5.89. The van der Waals surface area contributed by atoms with Crippen LogP contribution in [0.4, 0.5) is 10.6 Å². The van der Waals surface area contributed by atoms with E-state index in [2.05, 4.69) is 22.6 Å². The molecule has 32 heavy (non-hydrogen) atoms. The molecular weight excluding hydrogens is 430 g/mol. The summed E-state index contributed by atoms with van der Waals surface area (Å²) in [5.41, 5.74) is 1.10. The van der Waals surface area contributed by atoms with E-state index >= 15 is 0 Å². The molecule has 1 aliphatic rings. The number of aromatic nitrogens is 3. The van der Waals surface area contributed by atoms with Crippen molar-refractivity contribution in [1.82, 2.24) is 19.4 Å². The van der Waals surface area contributed by atoms with Gasteiger partial charge in [0.2, 0.25) is 0 Å². The Morgan fingerprint density at radius 1 is 1.06 bits per heavy atom. The fourth-order valence-corrected chi connectivity index (χ4v) is 3.91. The summed E-state index contributed by atoms with van der Waals surface area (Å²) in [6.07, 6.45) is 4.54. The number of anilines is 1. The van der Waals surface area contributed by atoms with Crippen LogP contribution in [0.3, 0.4) is 0 Å². The van der Waals surface area contributed by atoms with Gasteiger partial charge < -0.3 is 24.2 Å². The van der Waals surface area contributed by atoms with E-state index in [1.165, 1.54) is 12.3 Å². The maximum Gasteiger partial charge on any atom is 0.415 e. The number of carbonyl (C=O) groups excluding carboxylic acids is 1. The monoisotopic (exact) mass is 453 g/mol. The number of piperazine rings is 1. The normalized spacial score (nSPS) is 14.8. The summed E-state index contributed by atoms with van der Waals surface area (Å²) >= 11 is 4.65. The van der Waals surface area contributed by atoms with Crippen LogP contribution in [-0.4, -0.2) is 62.8 Å². The molecule has 1 amide bonds. The zero-order valence-electron chi connectivity index (χ0n) is 17.5. The Kier molecular flexibility index (Phi) is 6.31. The molecule has 1 fully saturated rings. The first-order valence-corrected chi connectivity index (χ1v) is 10.6. The molecule has 0 bridgehead atoms. The van der Waals surface area contributed by atoms with E-state index in [0.717, 1.165) is 11.4 Å². The summed E-state index contributed by atoms with van der Waals surface area (Å²) in [6.45, 7) is 2.13. The van der Waals surface area contributed by atoms with Crippen molar-refractivity contribution in [2.45, 2.75) is 5.25 Å². The molecule has 3 aromatic rings. The van der Waals surface area contributed by atoms with Gasteiger partial charge in [-0.25, -0.2) is 19.6 Å². The highest BCUT2D eigenvalue weighted by Crippen LogP contribution is 2.28. The van der Waals surface area contributed by atoms with E-state index in [9.17, 15) is 9.59 Å². The molecule has 0 aliphatic carbocycles. The summed E-state index contributed by atoms with van der Waals surface area (Å²) in [7, 11) is 1.92. The largest absolute Gasteiger partial charge is 0.478 e. The van der Waals surface area contributed by atoms with Gasteiger partial charge in [0, 0.05) is 51.8 Å². The number of imidazole rings is 1. The number of amides is 1. The summed E-state index contributed by atoms with van der Waals surface area (Å²) in [5, 5.41) is 8.81. The van der Waals surface area contributed by atoms with Gasteiger partial charge >= 0.3 is 12.1 Å². The fraction of sp³-hybridized carbons (Fsp3) is 0.273. The molecule has 4 rings (SSSR count). The number of aromatic carboxylic acids is 1. The molecule has 1 unspecified atom stereocenters. The number of hydrogen-bond donors (Lipinski definition) is 2. The highest BCUT2D eigenvalue weighted by molar-refractivity contribution is 7.80. The second-order valence-corrected chi connectivity index (χ2v) is 7.94. The van der Waals surface area contributed by atoms with Crippen LogP contribution < -0.4 is 9.64 Å². The van der Waals surface area contributed by atoms with Gasteiger partial charge in [-0.3, -0.25) is 0 Å². The van der Waals surface area contributed by atoms with Crippen LogP contribution in [0, 0.1) is 0 Å². The van der Waals surface area contributed by atoms with E-state index in [4.69, 9.17) is 9.84 Å². The number of nitrogens with zero attached hydrogens (tertiary/aromatic N) is 5. The lowest BCUT2D eigenvalue weighted by molar-refractivity contribution is 0.0696. The first-order chi connectivity index (χ1) is 15.4. The lowest BCUT2D eigenvalue weighted by atomic mass is 10.1. The Balaban J connectivity index is 1.31. The van der Waals surface area contributed by atoms with Gasteiger partial charge in [-0.1, -0.05) is 12.1 Å². The molecule has 0 spiro atoms. The molecule has 1 aromatic carbocycles. The van der Waals surface area contributed by atoms with E-state index in [1.54, 1.807) is 29.3 Å². The van der Waals surface area contributed by atoms with Crippen molar-refractivity contribution in [1.29, 1.82) is 0 Å². The van der Waals surface area contributed by atoms with Crippen LogP contribution in [0.15, 0.2) is 55.0 Å². The quantitative estimate of drug-likeness (QED) is 0.573. The SMILES string of the molecule is Cn1ccnc1C(S)c1ccc(OC(=O)N2CCN(c3ccc(C(=O)O)cn3)CC2)cc1. The van der Waals surface area contributed by atoms with Crippen LogP contribution in [0.5, 0.6) is 5.75 Å². The molecule has 10 heteroatoms. The average Bonchev–Trinajstić information content (AvgIpc) is 3.25. The minimum Gasteiger partial charge on any atom is -0.478 e. The highest BCUT2D eigenvalue weighted by atomic mass is 32.1. The average molecular weight is 454 g/mol. The zero-order valence-corrected chi connectivity index (χ0v) is 18.4. The van der Waals surface area contributed by atoms with Crippen molar-refractivity contribution in [3.05, 3.63) is 71.9 Å². The molecule has 166 valence electrons. The van der Waals surface area contributed by atoms with Crippen molar-refractivity contribution in [2.75, 3.05) is 31.1 Å². The van der Waals surface area contributed by atoms with Crippen LogP contribution >= 0.6 is 12.6 Å². The summed E-state index contributed by atoms with van der Waals surface area (Å²) in [6, 6.07) is 10.5. The summed E-state index contributed by atoms with van der Waals surface area (Å²) in [5.74, 6) is 0.981. The van der Waals surface area contributed by atoms with Crippen molar-refractivity contribution < 1.29 is 19.4 Å². The van der Waals surface area contributed by atoms with E-state index < -0.39 is 12.1 Å². The predicted molar refractivity (Wildman–Crippen MR) is 121 cm³/mol. The molecule has 1 N–H and O–H groups in total. The van der Waals surface area contributed by atoms with Gasteiger partial charge in [-0.05, 0) is 29.8 Å². The minimum absolute atomic E-state index is 0.145. The zero-order chi connectivity index (χ0) is 22.7. The summed E-state index contributed by atoms with van der Waals surface area (Å²) < 4.78 is 7.45. The van der Waals surface area contributed by atoms with Crippen LogP contribution in [0.2, 0.25) is 0 Å². The maximum absolute atomic E-state index is 12.6. The van der Waals surface area contributed by atoms with Gasteiger partial charge in [-0.2, -0.15) is 12.6 Å². The van der Waals surface area contributed by atoms with Gasteiger partial charge in [0.15, 0.2) is 0 Å². The first kappa shape index (κ1) is 21.7. The number of ether oxygens (including phenoxy) is 1. The minimum atomic E-state index is -1.01. The van der Waals surface area contributed by atoms with E-state index in [1.807, 2.05) is 34.8 Å². The van der Waals surface area contributed by atoms with Crippen LogP contribution in [-0.2, 0) is 7.05 Å². The molecule has 1 saturated heterocycles. The molecule has 3 heterocycles. The Morgan fingerprint density at radius 3 is 2.34 bits per heavy atom. The van der Waals surface area contributed by atoms with E-state index in [-0.39, 0.29) is 10.8 Å². The molecule has 1 atom stereocenters. The second kappa shape index (κ2) is 9.31. The van der Waals surface area contributed by atoms with Crippen molar-refractivity contribution in [3.8, 4) is 5.75 Å². The molecule has 0 saturated carbocycles. The number of carboxylic acids is 1. The van der Waals surface area contributed by atoms with Crippen LogP contribution in [0.25, 0.3) is 0 Å². The van der Waals surface area contributed by atoms with Crippen molar-refractivity contribution in [3.63, 3.8) is 0 Å². The molecule has 0 radical (unpaired) electrons. The standard InChI is InChI=1S/C22H23N5O4S/c1-25-9-8-23-20(25)19(32)15-2-5-17(6-3-15)31-22(30)27-12-10-26(11-13-27)18-7-4-16(14-24-18)21(28)29/h2-9,14,19,32H,10-13H2,1H3,(H,28,29). The lowest BCUT2D eigenvalue weighted by Crippen LogP contribution is -2.49. The Labute approximate surface area is 190 Å². The number of rotatable bonds is 5. The Hall–Kier alpha value is -3.53. The highest BCUT2D eigenvalue weighted by Gasteiger charge is 2.24. The molecule has 2 aromatic heterocycles. The number of benzene rings is 1. The third-order valence-electron chi connectivity index (χ3n) is 5.36. The molecule has 9 nitrogen and oxygen atoms in total. The first-order valence-electron chi connectivity index (χ1n) is 10.1. The molecule has 1 aliphatic heterocycles. The van der Waals surface area contributed by atoms with Gasteiger partial charge in [0.05, 0.1) is 10.8 Å².